The summed E-state index contributed by atoms with van der Waals surface area (Å²) in [5.74, 6) is -0.211. The lowest BCUT2D eigenvalue weighted by Crippen LogP contribution is -2.35. The molecule has 2 N–H and O–H groups in total. The maximum absolute atomic E-state index is 12.8. The highest BCUT2D eigenvalue weighted by Crippen LogP contribution is 2.44. The smallest absolute Gasteiger partial charge is 0.335 e. The summed E-state index contributed by atoms with van der Waals surface area (Å²) in [6.07, 6.45) is 2.84. The molecule has 142 valence electrons. The number of rotatable bonds is 8. The number of carboxylic acids is 1. The van der Waals surface area contributed by atoms with Crippen molar-refractivity contribution in [2.45, 2.75) is 44.9 Å². The molecule has 1 heterocycles. The van der Waals surface area contributed by atoms with Gasteiger partial charge in [-0.15, -0.1) is 0 Å². The van der Waals surface area contributed by atoms with Gasteiger partial charge >= 0.3 is 5.97 Å². The van der Waals surface area contributed by atoms with Gasteiger partial charge in [-0.2, -0.15) is 0 Å². The third kappa shape index (κ3) is 3.82. The Morgan fingerprint density at radius 1 is 1.15 bits per heavy atom. The lowest BCUT2D eigenvalue weighted by atomic mass is 9.74. The second-order valence-electron chi connectivity index (χ2n) is 7.12. The topological polar surface area (TPSA) is 75.6 Å². The summed E-state index contributed by atoms with van der Waals surface area (Å²) in [5, 5.41) is 12.2. The van der Waals surface area contributed by atoms with Crippen LogP contribution in [0.2, 0.25) is 0 Å². The van der Waals surface area contributed by atoms with E-state index in [0.717, 1.165) is 23.4 Å². The van der Waals surface area contributed by atoms with E-state index in [4.69, 9.17) is 4.74 Å². The summed E-state index contributed by atoms with van der Waals surface area (Å²) in [7, 11) is 0. The van der Waals surface area contributed by atoms with Crippen molar-refractivity contribution in [3.05, 3.63) is 59.2 Å². The van der Waals surface area contributed by atoms with Crippen molar-refractivity contribution < 1.29 is 19.4 Å². The number of nitrogens with one attached hydrogen (secondary N) is 1. The number of hydrogen-bond donors (Lipinski definition) is 2. The molecule has 3 rings (SSSR count). The van der Waals surface area contributed by atoms with E-state index in [1.807, 2.05) is 38.1 Å². The number of ether oxygens (including phenoxy) is 1. The van der Waals surface area contributed by atoms with Crippen LogP contribution in [-0.2, 0) is 10.2 Å². The molecular formula is C22H25NO4. The molecular weight excluding hydrogens is 342 g/mol. The molecule has 0 radical (unpaired) electrons. The van der Waals surface area contributed by atoms with Crippen molar-refractivity contribution >= 4 is 17.6 Å². The highest BCUT2D eigenvalue weighted by Gasteiger charge is 2.45. The second-order valence-corrected chi connectivity index (χ2v) is 7.12. The summed E-state index contributed by atoms with van der Waals surface area (Å²) in [5.41, 5.74) is 2.22. The predicted molar refractivity (Wildman–Crippen MR) is 105 cm³/mol. The molecule has 0 saturated carbocycles. The van der Waals surface area contributed by atoms with E-state index >= 15 is 0 Å². The molecule has 1 amide bonds. The van der Waals surface area contributed by atoms with Gasteiger partial charge in [-0.1, -0.05) is 31.0 Å². The molecule has 1 aliphatic heterocycles. The molecule has 2 aromatic rings. The van der Waals surface area contributed by atoms with Crippen LogP contribution in [0.15, 0.2) is 42.5 Å². The van der Waals surface area contributed by atoms with Gasteiger partial charge in [-0.25, -0.2) is 4.79 Å². The van der Waals surface area contributed by atoms with Crippen molar-refractivity contribution in [1.82, 2.24) is 0 Å². The minimum absolute atomic E-state index is 0.0442. The quantitative estimate of drug-likeness (QED) is 0.672. The molecule has 27 heavy (non-hydrogen) atoms. The van der Waals surface area contributed by atoms with Crippen LogP contribution in [0.5, 0.6) is 5.75 Å². The van der Waals surface area contributed by atoms with Gasteiger partial charge in [-0.05, 0) is 62.1 Å². The second kappa shape index (κ2) is 7.82. The Kier molecular flexibility index (Phi) is 5.49. The lowest BCUT2D eigenvalue weighted by molar-refractivity contribution is -0.121. The number of carbonyl (C=O) groups is 2. The van der Waals surface area contributed by atoms with E-state index in [0.29, 0.717) is 25.9 Å². The number of hydrogen-bond acceptors (Lipinski definition) is 3. The summed E-state index contributed by atoms with van der Waals surface area (Å²) in [6.45, 7) is 4.58. The zero-order valence-electron chi connectivity index (χ0n) is 15.7. The first-order chi connectivity index (χ1) is 13.0. The Hall–Kier alpha value is -2.82. The van der Waals surface area contributed by atoms with Crippen LogP contribution in [0.1, 0.15) is 54.1 Å². The zero-order valence-corrected chi connectivity index (χ0v) is 15.7. The van der Waals surface area contributed by atoms with Crippen molar-refractivity contribution in [3.8, 4) is 5.75 Å². The molecule has 0 aromatic heterocycles. The molecule has 5 heteroatoms. The van der Waals surface area contributed by atoms with Gasteiger partial charge in [0.25, 0.3) is 0 Å². The Bertz CT molecular complexity index is 844. The first-order valence-corrected chi connectivity index (χ1v) is 9.35. The minimum Gasteiger partial charge on any atom is -0.494 e. The predicted octanol–water partition coefficient (Wildman–Crippen LogP) is 4.54. The monoisotopic (exact) mass is 367 g/mol. The van der Waals surface area contributed by atoms with Crippen LogP contribution < -0.4 is 10.1 Å². The maximum atomic E-state index is 12.8. The highest BCUT2D eigenvalue weighted by atomic mass is 16.5. The SMILES string of the molecule is CCC[C@]1(CCCOc2ccc(C)cc2)C(=O)Nc2ccc(C(=O)O)cc21. The summed E-state index contributed by atoms with van der Waals surface area (Å²) < 4.78 is 5.80. The van der Waals surface area contributed by atoms with E-state index in [-0.39, 0.29) is 11.5 Å². The molecule has 0 spiro atoms. The Balaban J connectivity index is 1.76. The van der Waals surface area contributed by atoms with E-state index in [1.54, 1.807) is 12.1 Å². The fourth-order valence-corrected chi connectivity index (χ4v) is 3.79. The normalized spacial score (nSPS) is 18.1. The number of anilines is 1. The van der Waals surface area contributed by atoms with Crippen molar-refractivity contribution in [3.63, 3.8) is 0 Å². The minimum atomic E-state index is -0.981. The summed E-state index contributed by atoms with van der Waals surface area (Å²) >= 11 is 0. The molecule has 0 aliphatic carbocycles. The van der Waals surface area contributed by atoms with Gasteiger partial charge in [0.05, 0.1) is 17.6 Å². The Morgan fingerprint density at radius 2 is 1.89 bits per heavy atom. The Labute approximate surface area is 159 Å². The van der Waals surface area contributed by atoms with Crippen LogP contribution in [0.25, 0.3) is 0 Å². The summed E-state index contributed by atoms with van der Waals surface area (Å²) in [4.78, 5) is 24.2. The van der Waals surface area contributed by atoms with E-state index in [9.17, 15) is 14.7 Å². The standard InChI is InChI=1S/C22H25NO4/c1-3-11-22(12-4-13-27-17-8-5-15(2)6-9-17)18-14-16(20(24)25)7-10-19(18)23-21(22)26/h5-10,14H,3-4,11-13H2,1-2H3,(H,23,26)(H,24,25)/t22-/m1/s1. The van der Waals surface area contributed by atoms with Crippen molar-refractivity contribution in [2.24, 2.45) is 0 Å². The van der Waals surface area contributed by atoms with Crippen molar-refractivity contribution in [2.75, 3.05) is 11.9 Å². The van der Waals surface area contributed by atoms with Crippen LogP contribution in [0.4, 0.5) is 5.69 Å². The molecule has 2 aromatic carbocycles. The molecule has 1 atom stereocenters. The van der Waals surface area contributed by atoms with Gasteiger partial charge in [-0.3, -0.25) is 4.79 Å². The third-order valence-electron chi connectivity index (χ3n) is 5.18. The van der Waals surface area contributed by atoms with Gasteiger partial charge in [0.2, 0.25) is 5.91 Å². The van der Waals surface area contributed by atoms with E-state index in [2.05, 4.69) is 5.32 Å². The van der Waals surface area contributed by atoms with Crippen LogP contribution in [0.3, 0.4) is 0 Å². The maximum Gasteiger partial charge on any atom is 0.335 e. The van der Waals surface area contributed by atoms with Crippen LogP contribution in [-0.4, -0.2) is 23.6 Å². The molecule has 5 nitrogen and oxygen atoms in total. The largest absolute Gasteiger partial charge is 0.494 e. The average Bonchev–Trinajstić information content (AvgIpc) is 2.92. The van der Waals surface area contributed by atoms with E-state index < -0.39 is 11.4 Å². The van der Waals surface area contributed by atoms with Gasteiger partial charge in [0, 0.05) is 5.69 Å². The van der Waals surface area contributed by atoms with Gasteiger partial charge in [0.15, 0.2) is 0 Å². The fourth-order valence-electron chi connectivity index (χ4n) is 3.79. The van der Waals surface area contributed by atoms with Crippen LogP contribution in [0, 0.1) is 6.92 Å². The molecule has 1 aliphatic rings. The number of benzene rings is 2. The number of amides is 1. The fraction of sp³-hybridized carbons (Fsp3) is 0.364. The molecule has 0 bridgehead atoms. The van der Waals surface area contributed by atoms with Crippen molar-refractivity contribution in [1.29, 1.82) is 0 Å². The number of fused-ring (bicyclic) bond motifs is 1. The number of carbonyl (C=O) groups excluding carboxylic acids is 1. The Morgan fingerprint density at radius 3 is 2.56 bits per heavy atom. The number of aryl methyl sites for hydroxylation is 1. The number of aromatic carboxylic acids is 1. The van der Waals surface area contributed by atoms with Gasteiger partial charge in [0.1, 0.15) is 5.75 Å². The highest BCUT2D eigenvalue weighted by molar-refractivity contribution is 6.07. The lowest BCUT2D eigenvalue weighted by Gasteiger charge is -2.27. The summed E-state index contributed by atoms with van der Waals surface area (Å²) in [6, 6.07) is 12.7. The molecule has 0 saturated heterocycles. The first kappa shape index (κ1) is 19.0. The van der Waals surface area contributed by atoms with E-state index in [1.165, 1.54) is 11.6 Å². The van der Waals surface area contributed by atoms with Crippen LogP contribution >= 0.6 is 0 Å². The van der Waals surface area contributed by atoms with Gasteiger partial charge < -0.3 is 15.2 Å². The third-order valence-corrected chi connectivity index (χ3v) is 5.18. The molecule has 0 fully saturated rings. The first-order valence-electron chi connectivity index (χ1n) is 9.35. The zero-order chi connectivity index (χ0) is 19.4. The number of carboxylic acid groups (broad SMARTS) is 1. The molecule has 0 unspecified atom stereocenters. The average molecular weight is 367 g/mol.